The van der Waals surface area contributed by atoms with Crippen LogP contribution in [0.1, 0.15) is 26.3 Å². The van der Waals surface area contributed by atoms with E-state index in [1.807, 2.05) is 38.1 Å². The second-order valence-electron chi connectivity index (χ2n) is 7.04. The van der Waals surface area contributed by atoms with E-state index in [0.717, 1.165) is 11.1 Å². The van der Waals surface area contributed by atoms with Crippen molar-refractivity contribution in [1.29, 1.82) is 0 Å². The highest BCUT2D eigenvalue weighted by molar-refractivity contribution is 6.03. The summed E-state index contributed by atoms with van der Waals surface area (Å²) >= 11 is 0. The molecule has 0 fully saturated rings. The quantitative estimate of drug-likeness (QED) is 0.159. The van der Waals surface area contributed by atoms with Crippen LogP contribution in [0.15, 0.2) is 77.9 Å². The number of nitrogens with one attached hydrogen (secondary N) is 2. The number of aliphatic imine (C=N–C) groups is 1. The van der Waals surface area contributed by atoms with Gasteiger partial charge in [-0.2, -0.15) is 0 Å². The van der Waals surface area contributed by atoms with Gasteiger partial charge in [0.05, 0.1) is 24.3 Å². The lowest BCUT2D eigenvalue weighted by molar-refractivity contribution is -0.118. The SMILES string of the molecule is C=C/C=C(\C=C(/C)F)N=C(NN)c1cc(-c2cccc(NC(=O)C(C)C)c2)cnc1N.CF. The minimum absolute atomic E-state index is 0.0761. The average Bonchev–Trinajstić information content (AvgIpc) is 2.79. The van der Waals surface area contributed by atoms with E-state index >= 15 is 0 Å². The topological polar surface area (TPSA) is 118 Å². The number of amidine groups is 1. The second kappa shape index (κ2) is 13.5. The Morgan fingerprint density at radius 3 is 2.52 bits per heavy atom. The number of nitrogens with zero attached hydrogens (tertiary/aromatic N) is 2. The molecule has 6 N–H and O–H groups in total. The molecule has 0 radical (unpaired) electrons. The molecule has 9 heteroatoms. The van der Waals surface area contributed by atoms with E-state index in [1.165, 1.54) is 25.2 Å². The summed E-state index contributed by atoms with van der Waals surface area (Å²) in [5, 5.41) is 2.87. The number of pyridine rings is 1. The average molecular weight is 457 g/mol. The molecule has 0 atom stereocenters. The van der Waals surface area contributed by atoms with Crippen molar-refractivity contribution in [3.63, 3.8) is 0 Å². The minimum atomic E-state index is -0.423. The highest BCUT2D eigenvalue weighted by Gasteiger charge is 2.12. The Morgan fingerprint density at radius 2 is 1.94 bits per heavy atom. The molecule has 0 saturated carbocycles. The number of nitrogen functional groups attached to an aromatic ring is 1. The number of alkyl halides is 1. The number of halogens is 2. The normalized spacial score (nSPS) is 12.1. The van der Waals surface area contributed by atoms with Crippen molar-refractivity contribution in [2.24, 2.45) is 16.8 Å². The van der Waals surface area contributed by atoms with Gasteiger partial charge in [-0.25, -0.2) is 20.2 Å². The summed E-state index contributed by atoms with van der Waals surface area (Å²) in [6.07, 6.45) is 5.88. The molecule has 2 rings (SSSR count). The van der Waals surface area contributed by atoms with Crippen molar-refractivity contribution in [3.8, 4) is 11.1 Å². The minimum Gasteiger partial charge on any atom is -0.383 e. The number of amides is 1. The van der Waals surface area contributed by atoms with Crippen LogP contribution in [0.2, 0.25) is 0 Å². The van der Waals surface area contributed by atoms with E-state index in [2.05, 4.69) is 27.3 Å². The third-order valence-electron chi connectivity index (χ3n) is 4.17. The molecule has 0 aliphatic rings. The van der Waals surface area contributed by atoms with Gasteiger partial charge in [-0.15, -0.1) is 0 Å². The van der Waals surface area contributed by atoms with E-state index in [9.17, 15) is 13.6 Å². The van der Waals surface area contributed by atoms with Crippen molar-refractivity contribution in [3.05, 3.63) is 78.4 Å². The van der Waals surface area contributed by atoms with Crippen molar-refractivity contribution >= 4 is 23.2 Å². The Hall–Kier alpha value is -3.85. The molecule has 0 aliphatic carbocycles. The summed E-state index contributed by atoms with van der Waals surface area (Å²) in [5.41, 5.74) is 11.5. The predicted octanol–water partition coefficient (Wildman–Crippen LogP) is 4.66. The van der Waals surface area contributed by atoms with Crippen LogP contribution in [0.4, 0.5) is 20.3 Å². The van der Waals surface area contributed by atoms with Crippen molar-refractivity contribution in [1.82, 2.24) is 10.4 Å². The van der Waals surface area contributed by atoms with Gasteiger partial charge in [0.2, 0.25) is 5.91 Å². The molecule has 33 heavy (non-hydrogen) atoms. The molecule has 1 aromatic heterocycles. The summed E-state index contributed by atoms with van der Waals surface area (Å²) in [4.78, 5) is 20.6. The van der Waals surface area contributed by atoms with E-state index in [-0.39, 0.29) is 23.5 Å². The number of hydrogen-bond donors (Lipinski definition) is 4. The molecule has 1 heterocycles. The zero-order valence-corrected chi connectivity index (χ0v) is 19.2. The predicted molar refractivity (Wildman–Crippen MR) is 132 cm³/mol. The first-order valence-electron chi connectivity index (χ1n) is 10.0. The van der Waals surface area contributed by atoms with Crippen LogP contribution in [-0.4, -0.2) is 23.9 Å². The lowest BCUT2D eigenvalue weighted by Crippen LogP contribution is -2.32. The van der Waals surface area contributed by atoms with Gasteiger partial charge in [0.25, 0.3) is 0 Å². The molecule has 0 unspecified atom stereocenters. The third-order valence-corrected chi connectivity index (χ3v) is 4.17. The number of hydrazine groups is 1. The van der Waals surface area contributed by atoms with E-state index < -0.39 is 5.83 Å². The molecule has 2 aromatic rings. The zero-order valence-electron chi connectivity index (χ0n) is 19.2. The zero-order chi connectivity index (χ0) is 25.0. The molecule has 1 amide bonds. The van der Waals surface area contributed by atoms with E-state index in [0.29, 0.717) is 24.1 Å². The number of aromatic nitrogens is 1. The summed E-state index contributed by atoms with van der Waals surface area (Å²) < 4.78 is 22.9. The van der Waals surface area contributed by atoms with Crippen molar-refractivity contribution in [2.45, 2.75) is 20.8 Å². The van der Waals surface area contributed by atoms with Crippen LogP contribution in [0.3, 0.4) is 0 Å². The van der Waals surface area contributed by atoms with Crippen molar-refractivity contribution in [2.75, 3.05) is 18.2 Å². The van der Waals surface area contributed by atoms with Crippen LogP contribution >= 0.6 is 0 Å². The molecule has 0 saturated heterocycles. The Balaban J connectivity index is 0.00000265. The summed E-state index contributed by atoms with van der Waals surface area (Å²) in [5.74, 6) is 5.44. The number of anilines is 2. The number of nitrogens with two attached hydrogens (primary N) is 2. The molecule has 7 nitrogen and oxygen atoms in total. The third kappa shape index (κ3) is 8.30. The fourth-order valence-corrected chi connectivity index (χ4v) is 2.63. The Bertz CT molecular complexity index is 1060. The van der Waals surface area contributed by atoms with Gasteiger partial charge in [-0.1, -0.05) is 38.6 Å². The lowest BCUT2D eigenvalue weighted by Gasteiger charge is -2.12. The largest absolute Gasteiger partial charge is 0.383 e. The van der Waals surface area contributed by atoms with Crippen molar-refractivity contribution < 1.29 is 13.6 Å². The second-order valence-corrected chi connectivity index (χ2v) is 7.04. The maximum Gasteiger partial charge on any atom is 0.226 e. The summed E-state index contributed by atoms with van der Waals surface area (Å²) in [6, 6.07) is 9.12. The molecule has 0 aliphatic heterocycles. The molecular weight excluding hydrogens is 426 g/mol. The number of hydrogen-bond acceptors (Lipinski definition) is 5. The number of carbonyl (C=O) groups is 1. The highest BCUT2D eigenvalue weighted by Crippen LogP contribution is 2.25. The molecular formula is C24H30F2N6O. The van der Waals surface area contributed by atoms with Crippen LogP contribution < -0.4 is 22.3 Å². The first-order valence-corrected chi connectivity index (χ1v) is 10.0. The van der Waals surface area contributed by atoms with Gasteiger partial charge in [-0.05, 0) is 42.8 Å². The molecule has 176 valence electrons. The Labute approximate surface area is 193 Å². The lowest BCUT2D eigenvalue weighted by atomic mass is 10.0. The van der Waals surface area contributed by atoms with Gasteiger partial charge < -0.3 is 16.5 Å². The first-order chi connectivity index (χ1) is 15.7. The Kier molecular flexibility index (Phi) is 11.2. The monoisotopic (exact) mass is 456 g/mol. The van der Waals surface area contributed by atoms with E-state index in [1.54, 1.807) is 12.3 Å². The highest BCUT2D eigenvalue weighted by atomic mass is 19.1. The smallest absolute Gasteiger partial charge is 0.226 e. The maximum atomic E-state index is 13.4. The van der Waals surface area contributed by atoms with Crippen LogP contribution in [0.5, 0.6) is 0 Å². The summed E-state index contributed by atoms with van der Waals surface area (Å²) in [6.45, 7) is 8.57. The van der Waals surface area contributed by atoms with Gasteiger partial charge in [-0.3, -0.25) is 9.18 Å². The van der Waals surface area contributed by atoms with Gasteiger partial charge in [0.15, 0.2) is 5.84 Å². The van der Waals surface area contributed by atoms with Crippen LogP contribution in [0.25, 0.3) is 11.1 Å². The maximum absolute atomic E-state index is 13.4. The van der Waals surface area contributed by atoms with Gasteiger partial charge in [0.1, 0.15) is 5.82 Å². The molecule has 0 bridgehead atoms. The number of carbonyl (C=O) groups excluding carboxylic acids is 1. The Morgan fingerprint density at radius 1 is 1.24 bits per heavy atom. The molecule has 1 aromatic carbocycles. The number of benzene rings is 1. The van der Waals surface area contributed by atoms with Crippen LogP contribution in [0, 0.1) is 5.92 Å². The fraction of sp³-hybridized carbons (Fsp3) is 0.208. The number of allylic oxidation sites excluding steroid dienone is 4. The van der Waals surface area contributed by atoms with E-state index in [4.69, 9.17) is 11.6 Å². The van der Waals surface area contributed by atoms with Gasteiger partial charge in [0, 0.05) is 23.4 Å². The van der Waals surface area contributed by atoms with Crippen LogP contribution in [-0.2, 0) is 4.79 Å². The van der Waals surface area contributed by atoms with Gasteiger partial charge >= 0.3 is 0 Å². The summed E-state index contributed by atoms with van der Waals surface area (Å²) in [7, 11) is 0.500. The fourth-order valence-electron chi connectivity index (χ4n) is 2.63. The standard InChI is InChI=1S/C23H27FN6O.CH3F/c1-5-7-18(10-15(4)24)28-22(30-26)20-12-17(13-27-21(20)25)16-8-6-9-19(11-16)29-23(31)14(2)3;1-2/h5-14H,1,26H2,2-4H3,(H2,25,27)(H,28,30)(H,29,31);1H3/b15-10+,18-7+;. The first kappa shape index (κ1) is 27.2. The molecule has 0 spiro atoms. The number of rotatable bonds is 7.